The zero-order valence-corrected chi connectivity index (χ0v) is 14.6. The van der Waals surface area contributed by atoms with E-state index in [0.717, 1.165) is 9.77 Å². The molecule has 1 N–H and O–H groups in total. The second kappa shape index (κ2) is 7.46. The summed E-state index contributed by atoms with van der Waals surface area (Å²) in [5.74, 6) is -0.287. The summed E-state index contributed by atoms with van der Waals surface area (Å²) in [4.78, 5) is 26.2. The van der Waals surface area contributed by atoms with Crippen molar-refractivity contribution in [3.8, 4) is 10.6 Å². The molecule has 0 saturated heterocycles. The number of thioether (sulfide) groups is 1. The van der Waals surface area contributed by atoms with Crippen molar-refractivity contribution in [2.45, 2.75) is 11.4 Å². The van der Waals surface area contributed by atoms with Crippen molar-refractivity contribution in [1.82, 2.24) is 9.78 Å². The van der Waals surface area contributed by atoms with E-state index in [0.29, 0.717) is 11.4 Å². The SMILES string of the molecule is CSc1ccc(NC(=O)Cn2nc(-c3cccs3)ccc2=O)cc1. The number of benzene rings is 1. The number of hydrogen-bond donors (Lipinski definition) is 1. The molecule has 0 radical (unpaired) electrons. The van der Waals surface area contributed by atoms with Crippen LogP contribution in [-0.4, -0.2) is 21.9 Å². The zero-order chi connectivity index (χ0) is 16.9. The van der Waals surface area contributed by atoms with Crippen LogP contribution in [0, 0.1) is 0 Å². The zero-order valence-electron chi connectivity index (χ0n) is 12.9. The molecule has 0 aliphatic carbocycles. The van der Waals surface area contributed by atoms with Gasteiger partial charge in [0.15, 0.2) is 0 Å². The number of carbonyl (C=O) groups is 1. The summed E-state index contributed by atoms with van der Waals surface area (Å²) in [6.45, 7) is -0.123. The quantitative estimate of drug-likeness (QED) is 0.712. The minimum atomic E-state index is -0.303. The highest BCUT2D eigenvalue weighted by Crippen LogP contribution is 2.21. The molecule has 1 aromatic carbocycles. The van der Waals surface area contributed by atoms with Gasteiger partial charge in [0.1, 0.15) is 12.2 Å². The number of aromatic nitrogens is 2. The van der Waals surface area contributed by atoms with Crippen LogP contribution in [0.1, 0.15) is 0 Å². The van der Waals surface area contributed by atoms with E-state index in [1.165, 1.54) is 22.1 Å². The lowest BCUT2D eigenvalue weighted by Crippen LogP contribution is -2.29. The first kappa shape index (κ1) is 16.5. The van der Waals surface area contributed by atoms with Crippen LogP contribution >= 0.6 is 23.1 Å². The van der Waals surface area contributed by atoms with Crippen LogP contribution in [0.4, 0.5) is 5.69 Å². The van der Waals surface area contributed by atoms with Crippen molar-refractivity contribution in [2.24, 2.45) is 0 Å². The highest BCUT2D eigenvalue weighted by molar-refractivity contribution is 7.98. The topological polar surface area (TPSA) is 64.0 Å². The summed E-state index contributed by atoms with van der Waals surface area (Å²) >= 11 is 3.17. The maximum absolute atomic E-state index is 12.2. The molecule has 2 aromatic heterocycles. The highest BCUT2D eigenvalue weighted by Gasteiger charge is 2.09. The summed E-state index contributed by atoms with van der Waals surface area (Å²) < 4.78 is 1.18. The van der Waals surface area contributed by atoms with Crippen LogP contribution in [0.2, 0.25) is 0 Å². The molecular formula is C17H15N3O2S2. The molecule has 1 amide bonds. The van der Waals surface area contributed by atoms with E-state index in [1.807, 2.05) is 48.0 Å². The summed E-state index contributed by atoms with van der Waals surface area (Å²) in [5, 5.41) is 8.99. The third kappa shape index (κ3) is 3.93. The molecule has 0 bridgehead atoms. The van der Waals surface area contributed by atoms with Gasteiger partial charge in [-0.1, -0.05) is 6.07 Å². The molecule has 122 valence electrons. The number of thiophene rings is 1. The molecule has 0 aliphatic heterocycles. The Morgan fingerprint density at radius 3 is 2.67 bits per heavy atom. The Labute approximate surface area is 147 Å². The molecular weight excluding hydrogens is 342 g/mol. The molecule has 2 heterocycles. The predicted molar refractivity (Wildman–Crippen MR) is 98.7 cm³/mol. The van der Waals surface area contributed by atoms with Crippen molar-refractivity contribution in [1.29, 1.82) is 0 Å². The van der Waals surface area contributed by atoms with Crippen LogP contribution in [0.25, 0.3) is 10.6 Å². The molecule has 0 atom stereocenters. The summed E-state index contributed by atoms with van der Waals surface area (Å²) in [7, 11) is 0. The Kier molecular flexibility index (Phi) is 5.12. The Morgan fingerprint density at radius 1 is 1.21 bits per heavy atom. The standard InChI is InChI=1S/C17H15N3O2S2/c1-23-13-6-4-12(5-7-13)18-16(21)11-20-17(22)9-8-14(19-20)15-3-2-10-24-15/h2-10H,11H2,1H3,(H,18,21). The summed E-state index contributed by atoms with van der Waals surface area (Å²) in [6.07, 6.45) is 1.99. The fraction of sp³-hybridized carbons (Fsp3) is 0.118. The minimum absolute atomic E-state index is 0.123. The van der Waals surface area contributed by atoms with E-state index in [2.05, 4.69) is 10.4 Å². The Balaban J connectivity index is 1.73. The van der Waals surface area contributed by atoms with Gasteiger partial charge in [0.2, 0.25) is 5.91 Å². The minimum Gasteiger partial charge on any atom is -0.324 e. The third-order valence-corrected chi connectivity index (χ3v) is 4.94. The molecule has 0 unspecified atom stereocenters. The van der Waals surface area contributed by atoms with E-state index >= 15 is 0 Å². The lowest BCUT2D eigenvalue weighted by atomic mass is 10.3. The Morgan fingerprint density at radius 2 is 2.00 bits per heavy atom. The average Bonchev–Trinajstić information content (AvgIpc) is 3.12. The lowest BCUT2D eigenvalue weighted by Gasteiger charge is -2.08. The Hall–Kier alpha value is -2.38. The second-order valence-corrected chi connectivity index (χ2v) is 6.80. The number of hydrogen-bond acceptors (Lipinski definition) is 5. The second-order valence-electron chi connectivity index (χ2n) is 4.97. The van der Waals surface area contributed by atoms with E-state index in [4.69, 9.17) is 0 Å². The number of amides is 1. The van der Waals surface area contributed by atoms with Gasteiger partial charge in [-0.25, -0.2) is 4.68 Å². The first-order valence-electron chi connectivity index (χ1n) is 7.21. The molecule has 0 aliphatic rings. The first-order valence-corrected chi connectivity index (χ1v) is 9.32. The van der Waals surface area contributed by atoms with E-state index in [1.54, 1.807) is 17.8 Å². The van der Waals surface area contributed by atoms with Crippen molar-refractivity contribution >= 4 is 34.7 Å². The van der Waals surface area contributed by atoms with Gasteiger partial charge in [-0.3, -0.25) is 9.59 Å². The van der Waals surface area contributed by atoms with Gasteiger partial charge in [0.25, 0.3) is 5.56 Å². The number of carbonyl (C=O) groups excluding carboxylic acids is 1. The van der Waals surface area contributed by atoms with Crippen molar-refractivity contribution in [3.63, 3.8) is 0 Å². The summed E-state index contributed by atoms with van der Waals surface area (Å²) in [6, 6.07) is 14.5. The molecule has 5 nitrogen and oxygen atoms in total. The van der Waals surface area contributed by atoms with Crippen LogP contribution in [0.5, 0.6) is 0 Å². The fourth-order valence-corrected chi connectivity index (χ4v) is 3.23. The number of nitrogens with one attached hydrogen (secondary N) is 1. The number of anilines is 1. The average molecular weight is 357 g/mol. The Bertz CT molecular complexity index is 887. The number of rotatable bonds is 5. The van der Waals surface area contributed by atoms with Crippen LogP contribution in [0.3, 0.4) is 0 Å². The van der Waals surface area contributed by atoms with Gasteiger partial charge in [0, 0.05) is 16.6 Å². The van der Waals surface area contributed by atoms with Gasteiger partial charge in [-0.2, -0.15) is 5.10 Å². The highest BCUT2D eigenvalue weighted by atomic mass is 32.2. The predicted octanol–water partition coefficient (Wildman–Crippen LogP) is 3.33. The van der Waals surface area contributed by atoms with Gasteiger partial charge < -0.3 is 5.32 Å². The summed E-state index contributed by atoms with van der Waals surface area (Å²) in [5.41, 5.74) is 1.07. The van der Waals surface area contributed by atoms with Gasteiger partial charge in [0.05, 0.1) is 4.88 Å². The van der Waals surface area contributed by atoms with Crippen molar-refractivity contribution < 1.29 is 4.79 Å². The third-order valence-electron chi connectivity index (χ3n) is 3.31. The maximum atomic E-state index is 12.2. The van der Waals surface area contributed by atoms with Gasteiger partial charge in [-0.15, -0.1) is 23.1 Å². The molecule has 3 rings (SSSR count). The molecule has 7 heteroatoms. The lowest BCUT2D eigenvalue weighted by molar-refractivity contribution is -0.117. The molecule has 0 fully saturated rings. The molecule has 3 aromatic rings. The largest absolute Gasteiger partial charge is 0.324 e. The van der Waals surface area contributed by atoms with Crippen molar-refractivity contribution in [3.05, 3.63) is 64.3 Å². The van der Waals surface area contributed by atoms with Crippen LogP contribution in [0.15, 0.2) is 63.6 Å². The smallest absolute Gasteiger partial charge is 0.267 e. The van der Waals surface area contributed by atoms with Gasteiger partial charge >= 0.3 is 0 Å². The van der Waals surface area contributed by atoms with E-state index in [9.17, 15) is 9.59 Å². The van der Waals surface area contributed by atoms with Crippen LogP contribution < -0.4 is 10.9 Å². The fourth-order valence-electron chi connectivity index (χ4n) is 2.13. The van der Waals surface area contributed by atoms with E-state index in [-0.39, 0.29) is 18.0 Å². The van der Waals surface area contributed by atoms with Gasteiger partial charge in [-0.05, 0) is 48.0 Å². The van der Waals surface area contributed by atoms with Crippen LogP contribution in [-0.2, 0) is 11.3 Å². The normalized spacial score (nSPS) is 10.5. The molecule has 0 spiro atoms. The van der Waals surface area contributed by atoms with Crippen molar-refractivity contribution in [2.75, 3.05) is 11.6 Å². The maximum Gasteiger partial charge on any atom is 0.267 e. The molecule has 24 heavy (non-hydrogen) atoms. The van der Waals surface area contributed by atoms with E-state index < -0.39 is 0 Å². The number of nitrogens with zero attached hydrogens (tertiary/aromatic N) is 2. The first-order chi connectivity index (χ1) is 11.7. The molecule has 0 saturated carbocycles. The monoisotopic (exact) mass is 357 g/mol.